The Labute approximate surface area is 128 Å². The van der Waals surface area contributed by atoms with Crippen LogP contribution in [0.4, 0.5) is 4.79 Å². The van der Waals surface area contributed by atoms with Gasteiger partial charge in [0, 0.05) is 6.04 Å². The Kier molecular flexibility index (Phi) is 4.36. The fourth-order valence-electron chi connectivity index (χ4n) is 2.54. The van der Waals surface area contributed by atoms with Crippen LogP contribution in [-0.2, 0) is 6.54 Å². The van der Waals surface area contributed by atoms with Gasteiger partial charge in [0.15, 0.2) is 0 Å². The molecule has 2 aromatic rings. The molecule has 1 aliphatic rings. The summed E-state index contributed by atoms with van der Waals surface area (Å²) in [5.41, 5.74) is 0.995. The number of para-hydroxylation sites is 1. The van der Waals surface area contributed by atoms with Crippen molar-refractivity contribution in [1.29, 1.82) is 0 Å². The number of nitrogens with zero attached hydrogens (tertiary/aromatic N) is 2. The number of benzene rings is 1. The van der Waals surface area contributed by atoms with Crippen molar-refractivity contribution < 1.29 is 4.79 Å². The summed E-state index contributed by atoms with van der Waals surface area (Å²) in [6.07, 6.45) is 2.04. The molecule has 0 spiro atoms. The van der Waals surface area contributed by atoms with Gasteiger partial charge < -0.3 is 15.5 Å². The minimum atomic E-state index is -0.0937. The number of carbonyl (C=O) groups excluding carboxylic acids is 1. The third-order valence-corrected chi connectivity index (χ3v) is 4.83. The molecule has 1 aromatic heterocycles. The molecular weight excluding hydrogens is 284 g/mol. The number of rotatable bonds is 3. The van der Waals surface area contributed by atoms with Crippen LogP contribution in [0.2, 0.25) is 0 Å². The average Bonchev–Trinajstić information content (AvgIpc) is 2.90. The molecule has 1 fully saturated rings. The number of likely N-dealkylation sites (tertiary alicyclic amines) is 1. The van der Waals surface area contributed by atoms with Gasteiger partial charge in [-0.1, -0.05) is 12.1 Å². The summed E-state index contributed by atoms with van der Waals surface area (Å²) in [7, 11) is 2.11. The molecule has 5 nitrogen and oxygen atoms in total. The second-order valence-electron chi connectivity index (χ2n) is 5.48. The van der Waals surface area contributed by atoms with Gasteiger partial charge in [0.2, 0.25) is 0 Å². The quantitative estimate of drug-likeness (QED) is 0.914. The summed E-state index contributed by atoms with van der Waals surface area (Å²) in [6, 6.07) is 8.22. The molecular formula is C15H20N4OS. The fraction of sp³-hybridized carbons (Fsp3) is 0.467. The Balaban J connectivity index is 1.49. The molecule has 3 rings (SSSR count). The number of urea groups is 1. The fourth-order valence-corrected chi connectivity index (χ4v) is 3.45. The Morgan fingerprint density at radius 2 is 2.14 bits per heavy atom. The second-order valence-corrected chi connectivity index (χ2v) is 6.60. The van der Waals surface area contributed by atoms with E-state index in [9.17, 15) is 4.79 Å². The van der Waals surface area contributed by atoms with E-state index >= 15 is 0 Å². The third-order valence-electron chi connectivity index (χ3n) is 3.79. The van der Waals surface area contributed by atoms with Crippen LogP contribution in [0.5, 0.6) is 0 Å². The Bertz CT molecular complexity index is 586. The number of carbonyl (C=O) groups is 1. The van der Waals surface area contributed by atoms with Crippen molar-refractivity contribution in [2.45, 2.75) is 25.4 Å². The topological polar surface area (TPSA) is 57.3 Å². The maximum atomic E-state index is 11.9. The summed E-state index contributed by atoms with van der Waals surface area (Å²) < 4.78 is 1.16. The van der Waals surface area contributed by atoms with Crippen molar-refractivity contribution in [3.63, 3.8) is 0 Å². The van der Waals surface area contributed by atoms with Crippen molar-refractivity contribution in [2.24, 2.45) is 0 Å². The number of thiazole rings is 1. The monoisotopic (exact) mass is 304 g/mol. The van der Waals surface area contributed by atoms with E-state index in [1.165, 1.54) is 0 Å². The number of aromatic nitrogens is 1. The third kappa shape index (κ3) is 3.71. The average molecular weight is 304 g/mol. The Morgan fingerprint density at radius 3 is 2.90 bits per heavy atom. The van der Waals surface area contributed by atoms with Crippen molar-refractivity contribution >= 4 is 27.6 Å². The minimum absolute atomic E-state index is 0.0937. The molecule has 1 aliphatic heterocycles. The Hall–Kier alpha value is -1.66. The lowest BCUT2D eigenvalue weighted by atomic mass is 10.1. The molecule has 0 radical (unpaired) electrons. The van der Waals surface area contributed by atoms with Gasteiger partial charge in [-0.05, 0) is 45.1 Å². The van der Waals surface area contributed by atoms with Crippen molar-refractivity contribution in [3.05, 3.63) is 29.3 Å². The highest BCUT2D eigenvalue weighted by Gasteiger charge is 2.18. The van der Waals surface area contributed by atoms with Crippen LogP contribution in [0.15, 0.2) is 24.3 Å². The van der Waals surface area contributed by atoms with E-state index in [-0.39, 0.29) is 12.1 Å². The molecule has 1 aromatic carbocycles. The van der Waals surface area contributed by atoms with E-state index in [2.05, 4.69) is 33.6 Å². The number of hydrogen-bond donors (Lipinski definition) is 2. The van der Waals surface area contributed by atoms with Crippen LogP contribution in [0.25, 0.3) is 10.2 Å². The van der Waals surface area contributed by atoms with Crippen LogP contribution in [0.3, 0.4) is 0 Å². The first-order valence-electron chi connectivity index (χ1n) is 7.28. The largest absolute Gasteiger partial charge is 0.335 e. The zero-order chi connectivity index (χ0) is 14.7. The number of amides is 2. The smallest absolute Gasteiger partial charge is 0.315 e. The van der Waals surface area contributed by atoms with Crippen LogP contribution in [0.1, 0.15) is 17.8 Å². The molecule has 2 N–H and O–H groups in total. The summed E-state index contributed by atoms with van der Waals surface area (Å²) in [5.74, 6) is 0. The van der Waals surface area contributed by atoms with Gasteiger partial charge in [0.05, 0.1) is 16.8 Å². The molecule has 0 unspecified atom stereocenters. The Morgan fingerprint density at radius 1 is 1.38 bits per heavy atom. The van der Waals surface area contributed by atoms with Gasteiger partial charge in [-0.15, -0.1) is 11.3 Å². The van der Waals surface area contributed by atoms with E-state index in [0.29, 0.717) is 6.54 Å². The molecule has 0 saturated carbocycles. The SMILES string of the molecule is CN1CCC(NC(=O)NCc2nc3ccccc3s2)CC1. The number of fused-ring (bicyclic) bond motifs is 1. The van der Waals surface area contributed by atoms with Crippen molar-refractivity contribution in [3.8, 4) is 0 Å². The van der Waals surface area contributed by atoms with E-state index in [1.54, 1.807) is 11.3 Å². The number of piperidine rings is 1. The summed E-state index contributed by atoms with van der Waals surface area (Å²) in [5, 5.41) is 6.89. The van der Waals surface area contributed by atoms with Crippen LogP contribution in [-0.4, -0.2) is 42.1 Å². The number of hydrogen-bond acceptors (Lipinski definition) is 4. The van der Waals surface area contributed by atoms with Gasteiger partial charge in [-0.25, -0.2) is 9.78 Å². The molecule has 2 heterocycles. The molecule has 21 heavy (non-hydrogen) atoms. The lowest BCUT2D eigenvalue weighted by Crippen LogP contribution is -2.46. The first-order chi connectivity index (χ1) is 10.2. The van der Waals surface area contributed by atoms with Gasteiger partial charge in [0.1, 0.15) is 5.01 Å². The van der Waals surface area contributed by atoms with Crippen LogP contribution >= 0.6 is 11.3 Å². The molecule has 0 bridgehead atoms. The van der Waals surface area contributed by atoms with Gasteiger partial charge in [-0.3, -0.25) is 0 Å². The zero-order valence-electron chi connectivity index (χ0n) is 12.1. The standard InChI is InChI=1S/C15H20N4OS/c1-19-8-6-11(7-9-19)17-15(20)16-10-14-18-12-4-2-3-5-13(12)21-14/h2-5,11H,6-10H2,1H3,(H2,16,17,20). The maximum Gasteiger partial charge on any atom is 0.315 e. The summed E-state index contributed by atoms with van der Waals surface area (Å²) in [4.78, 5) is 18.7. The van der Waals surface area contributed by atoms with E-state index in [0.717, 1.165) is 41.2 Å². The summed E-state index contributed by atoms with van der Waals surface area (Å²) >= 11 is 1.63. The molecule has 112 valence electrons. The first-order valence-corrected chi connectivity index (χ1v) is 8.10. The second kappa shape index (κ2) is 6.41. The highest BCUT2D eigenvalue weighted by atomic mass is 32.1. The molecule has 0 atom stereocenters. The van der Waals surface area contributed by atoms with E-state index in [1.807, 2.05) is 18.2 Å². The van der Waals surface area contributed by atoms with E-state index < -0.39 is 0 Å². The van der Waals surface area contributed by atoms with Crippen LogP contribution < -0.4 is 10.6 Å². The predicted octanol–water partition coefficient (Wildman–Crippen LogP) is 2.19. The van der Waals surface area contributed by atoms with Crippen molar-refractivity contribution in [1.82, 2.24) is 20.5 Å². The molecule has 1 saturated heterocycles. The highest BCUT2D eigenvalue weighted by Crippen LogP contribution is 2.21. The van der Waals surface area contributed by atoms with Gasteiger partial charge in [-0.2, -0.15) is 0 Å². The van der Waals surface area contributed by atoms with E-state index in [4.69, 9.17) is 0 Å². The van der Waals surface area contributed by atoms with Gasteiger partial charge in [0.25, 0.3) is 0 Å². The highest BCUT2D eigenvalue weighted by molar-refractivity contribution is 7.18. The summed E-state index contributed by atoms with van der Waals surface area (Å²) in [6.45, 7) is 2.57. The zero-order valence-corrected chi connectivity index (χ0v) is 12.9. The molecule has 0 aliphatic carbocycles. The maximum absolute atomic E-state index is 11.9. The molecule has 2 amide bonds. The lowest BCUT2D eigenvalue weighted by Gasteiger charge is -2.29. The normalized spacial score (nSPS) is 17.0. The van der Waals surface area contributed by atoms with Gasteiger partial charge >= 0.3 is 6.03 Å². The van der Waals surface area contributed by atoms with Crippen LogP contribution in [0, 0.1) is 0 Å². The predicted molar refractivity (Wildman–Crippen MR) is 85.5 cm³/mol. The van der Waals surface area contributed by atoms with Crippen molar-refractivity contribution in [2.75, 3.05) is 20.1 Å². The minimum Gasteiger partial charge on any atom is -0.335 e. The lowest BCUT2D eigenvalue weighted by molar-refractivity contribution is 0.213. The molecule has 6 heteroatoms. The number of nitrogens with one attached hydrogen (secondary N) is 2. The first kappa shape index (κ1) is 14.3.